The van der Waals surface area contributed by atoms with Crippen molar-refractivity contribution in [2.24, 2.45) is 5.73 Å². The quantitative estimate of drug-likeness (QED) is 0.888. The first-order valence-electron chi connectivity index (χ1n) is 6.65. The lowest BCUT2D eigenvalue weighted by molar-refractivity contribution is -0.120. The Labute approximate surface area is 145 Å². The number of carbonyl (C=O) groups excluding carboxylic acids is 1. The van der Waals surface area contributed by atoms with Crippen molar-refractivity contribution < 1.29 is 4.79 Å². The van der Waals surface area contributed by atoms with Gasteiger partial charge in [0.15, 0.2) is 0 Å². The first-order chi connectivity index (χ1) is 10.1. The Morgan fingerprint density at radius 1 is 1.18 bits per heavy atom. The molecule has 116 valence electrons. The number of anilines is 1. The van der Waals surface area contributed by atoms with E-state index in [0.717, 1.165) is 16.8 Å². The normalized spacial score (nSPS) is 17.0. The largest absolute Gasteiger partial charge is 0.320 e. The molecule has 1 atom stereocenters. The van der Waals surface area contributed by atoms with Crippen LogP contribution in [-0.2, 0) is 17.8 Å². The second-order valence-corrected chi connectivity index (χ2v) is 5.94. The topological polar surface area (TPSA) is 46.3 Å². The van der Waals surface area contributed by atoms with E-state index in [1.165, 1.54) is 0 Å². The molecule has 0 aromatic heterocycles. The van der Waals surface area contributed by atoms with Gasteiger partial charge in [0.2, 0.25) is 5.91 Å². The summed E-state index contributed by atoms with van der Waals surface area (Å²) in [7, 11) is 0. The van der Waals surface area contributed by atoms with Crippen molar-refractivity contribution in [2.45, 2.75) is 19.0 Å². The Morgan fingerprint density at radius 3 is 2.64 bits per heavy atom. The van der Waals surface area contributed by atoms with Crippen molar-refractivity contribution in [1.29, 1.82) is 0 Å². The average molecular weight is 358 g/mol. The van der Waals surface area contributed by atoms with E-state index in [4.69, 9.17) is 28.9 Å². The SMILES string of the molecule is Cl.NC1Cc2ccc(Cl)cc2N(Cc2ccccc2Cl)C1=O. The Kier molecular flexibility index (Phi) is 5.35. The van der Waals surface area contributed by atoms with Crippen LogP contribution in [0.15, 0.2) is 42.5 Å². The number of amides is 1. The van der Waals surface area contributed by atoms with E-state index in [0.29, 0.717) is 23.0 Å². The molecule has 2 N–H and O–H groups in total. The molecule has 1 heterocycles. The van der Waals surface area contributed by atoms with Crippen LogP contribution in [0, 0.1) is 0 Å². The van der Waals surface area contributed by atoms with Crippen molar-refractivity contribution in [3.63, 3.8) is 0 Å². The van der Waals surface area contributed by atoms with Crippen LogP contribution in [-0.4, -0.2) is 11.9 Å². The Hall–Kier alpha value is -1.26. The average Bonchev–Trinajstić information content (AvgIpc) is 2.46. The molecule has 3 rings (SSSR count). The third kappa shape index (κ3) is 3.23. The molecule has 0 aliphatic carbocycles. The lowest BCUT2D eigenvalue weighted by Crippen LogP contribution is -2.48. The number of rotatable bonds is 2. The zero-order chi connectivity index (χ0) is 15.0. The number of nitrogens with two attached hydrogens (primary N) is 1. The summed E-state index contributed by atoms with van der Waals surface area (Å²) < 4.78 is 0. The maximum Gasteiger partial charge on any atom is 0.244 e. The molecule has 2 aromatic carbocycles. The minimum absolute atomic E-state index is 0. The molecule has 0 saturated carbocycles. The van der Waals surface area contributed by atoms with Crippen LogP contribution in [0.3, 0.4) is 0 Å². The van der Waals surface area contributed by atoms with Crippen molar-refractivity contribution in [3.8, 4) is 0 Å². The molecule has 1 aliphatic heterocycles. The van der Waals surface area contributed by atoms with Gasteiger partial charge in [-0.15, -0.1) is 12.4 Å². The minimum atomic E-state index is -0.527. The van der Waals surface area contributed by atoms with Crippen molar-refractivity contribution >= 4 is 47.2 Å². The first kappa shape index (κ1) is 17.1. The van der Waals surface area contributed by atoms with Gasteiger partial charge < -0.3 is 10.6 Å². The van der Waals surface area contributed by atoms with Crippen molar-refractivity contribution in [2.75, 3.05) is 4.90 Å². The summed E-state index contributed by atoms with van der Waals surface area (Å²) in [6.07, 6.45) is 0.532. The summed E-state index contributed by atoms with van der Waals surface area (Å²) in [5.74, 6) is -0.107. The minimum Gasteiger partial charge on any atom is -0.320 e. The second-order valence-electron chi connectivity index (χ2n) is 5.10. The smallest absolute Gasteiger partial charge is 0.244 e. The molecule has 6 heteroatoms. The molecule has 22 heavy (non-hydrogen) atoms. The van der Waals surface area contributed by atoms with Crippen LogP contribution >= 0.6 is 35.6 Å². The molecule has 0 bridgehead atoms. The standard InChI is InChI=1S/C16H14Cl2N2O.ClH/c17-12-6-5-10-7-14(19)16(21)20(15(10)8-12)9-11-3-1-2-4-13(11)18;/h1-6,8,14H,7,9,19H2;1H. The number of nitrogens with zero attached hydrogens (tertiary/aromatic N) is 1. The number of carbonyl (C=O) groups is 1. The van der Waals surface area contributed by atoms with Gasteiger partial charge in [-0.25, -0.2) is 0 Å². The van der Waals surface area contributed by atoms with E-state index >= 15 is 0 Å². The van der Waals surface area contributed by atoms with Gasteiger partial charge in [0, 0.05) is 15.7 Å². The lowest BCUT2D eigenvalue weighted by atomic mass is 9.97. The highest BCUT2D eigenvalue weighted by molar-refractivity contribution is 6.31. The highest BCUT2D eigenvalue weighted by Crippen LogP contribution is 2.32. The second kappa shape index (κ2) is 6.88. The van der Waals surface area contributed by atoms with Crippen LogP contribution < -0.4 is 10.6 Å². The fourth-order valence-corrected chi connectivity index (χ4v) is 2.93. The van der Waals surface area contributed by atoms with Gasteiger partial charge >= 0.3 is 0 Å². The monoisotopic (exact) mass is 356 g/mol. The number of halogens is 3. The van der Waals surface area contributed by atoms with Crippen LogP contribution in [0.5, 0.6) is 0 Å². The van der Waals surface area contributed by atoms with E-state index < -0.39 is 6.04 Å². The van der Waals surface area contributed by atoms with Crippen LogP contribution in [0.25, 0.3) is 0 Å². The molecule has 0 spiro atoms. The first-order valence-corrected chi connectivity index (χ1v) is 7.40. The molecular formula is C16H15Cl3N2O. The third-order valence-corrected chi connectivity index (χ3v) is 4.25. The van der Waals surface area contributed by atoms with Crippen LogP contribution in [0.2, 0.25) is 10.0 Å². The zero-order valence-electron chi connectivity index (χ0n) is 11.6. The number of hydrogen-bond acceptors (Lipinski definition) is 2. The summed E-state index contributed by atoms with van der Waals surface area (Å²) in [5, 5.41) is 1.23. The molecule has 1 unspecified atom stereocenters. The summed E-state index contributed by atoms with van der Waals surface area (Å²) in [6, 6.07) is 12.5. The number of hydrogen-bond donors (Lipinski definition) is 1. The van der Waals surface area contributed by atoms with Gasteiger partial charge in [-0.3, -0.25) is 4.79 Å². The highest BCUT2D eigenvalue weighted by atomic mass is 35.5. The van der Waals surface area contributed by atoms with Crippen molar-refractivity contribution in [1.82, 2.24) is 0 Å². The predicted molar refractivity (Wildman–Crippen MR) is 93.0 cm³/mol. The van der Waals surface area contributed by atoms with Crippen LogP contribution in [0.4, 0.5) is 5.69 Å². The summed E-state index contributed by atoms with van der Waals surface area (Å²) >= 11 is 12.3. The Morgan fingerprint density at radius 2 is 1.91 bits per heavy atom. The van der Waals surface area contributed by atoms with Gasteiger partial charge in [-0.1, -0.05) is 47.5 Å². The van der Waals surface area contributed by atoms with E-state index in [-0.39, 0.29) is 18.3 Å². The fourth-order valence-electron chi connectivity index (χ4n) is 2.56. The van der Waals surface area contributed by atoms with Gasteiger partial charge in [0.1, 0.15) is 0 Å². The molecule has 0 radical (unpaired) electrons. The van der Waals surface area contributed by atoms with Gasteiger partial charge in [0.05, 0.1) is 12.6 Å². The van der Waals surface area contributed by atoms with Gasteiger partial charge in [-0.05, 0) is 35.7 Å². The lowest BCUT2D eigenvalue weighted by Gasteiger charge is -2.33. The molecule has 1 aliphatic rings. The Bertz CT molecular complexity index is 706. The molecule has 1 amide bonds. The van der Waals surface area contributed by atoms with Gasteiger partial charge in [0.25, 0.3) is 0 Å². The maximum absolute atomic E-state index is 12.4. The summed E-state index contributed by atoms with van der Waals surface area (Å²) in [5.41, 5.74) is 8.68. The molecular weight excluding hydrogens is 343 g/mol. The highest BCUT2D eigenvalue weighted by Gasteiger charge is 2.30. The van der Waals surface area contributed by atoms with E-state index in [2.05, 4.69) is 0 Å². The summed E-state index contributed by atoms with van der Waals surface area (Å²) in [6.45, 7) is 0.388. The van der Waals surface area contributed by atoms with E-state index in [9.17, 15) is 4.79 Å². The molecule has 0 saturated heterocycles. The maximum atomic E-state index is 12.4. The van der Waals surface area contributed by atoms with Crippen molar-refractivity contribution in [3.05, 3.63) is 63.6 Å². The third-order valence-electron chi connectivity index (χ3n) is 3.65. The number of benzene rings is 2. The molecule has 0 fully saturated rings. The molecule has 3 nitrogen and oxygen atoms in total. The zero-order valence-corrected chi connectivity index (χ0v) is 14.0. The summed E-state index contributed by atoms with van der Waals surface area (Å²) in [4.78, 5) is 14.1. The van der Waals surface area contributed by atoms with Crippen LogP contribution in [0.1, 0.15) is 11.1 Å². The Balaban J connectivity index is 0.00000176. The fraction of sp³-hybridized carbons (Fsp3) is 0.188. The van der Waals surface area contributed by atoms with E-state index in [1.807, 2.05) is 36.4 Å². The van der Waals surface area contributed by atoms with E-state index in [1.54, 1.807) is 11.0 Å². The van der Waals surface area contributed by atoms with Gasteiger partial charge in [-0.2, -0.15) is 0 Å². The molecule has 2 aromatic rings. The predicted octanol–water partition coefficient (Wildman–Crippen LogP) is 3.83. The number of fused-ring (bicyclic) bond motifs is 1.